The van der Waals surface area contributed by atoms with Crippen molar-refractivity contribution in [2.45, 2.75) is 0 Å². The number of ether oxygens (including phenoxy) is 2. The van der Waals surface area contributed by atoms with Gasteiger partial charge in [-0.1, -0.05) is 76.1 Å². The van der Waals surface area contributed by atoms with Gasteiger partial charge in [-0.05, 0) is 48.0 Å². The van der Waals surface area contributed by atoms with Crippen molar-refractivity contribution in [1.82, 2.24) is 10.4 Å². The van der Waals surface area contributed by atoms with E-state index >= 15 is 0 Å². The molecule has 2 N–H and O–H groups in total. The molecule has 0 unspecified atom stereocenters. The second-order valence-corrected chi connectivity index (χ2v) is 9.75. The second-order valence-electron chi connectivity index (χ2n) is 8.40. The first-order valence-corrected chi connectivity index (χ1v) is 13.0. The van der Waals surface area contributed by atoms with E-state index < -0.39 is 11.9 Å². The fourth-order valence-corrected chi connectivity index (χ4v) is 4.69. The molecule has 1 amide bonds. The summed E-state index contributed by atoms with van der Waals surface area (Å²) in [6.07, 6.45) is 1.41. The first-order valence-electron chi connectivity index (χ1n) is 11.8. The zero-order valence-electron chi connectivity index (χ0n) is 20.6. The number of aromatic nitrogens is 1. The quantitative estimate of drug-likeness (QED) is 0.0889. The maximum atomic E-state index is 13.2. The van der Waals surface area contributed by atoms with Gasteiger partial charge in [-0.15, -0.1) is 0 Å². The van der Waals surface area contributed by atoms with Crippen LogP contribution in [0, 0.1) is 0 Å². The van der Waals surface area contributed by atoms with Crippen LogP contribution >= 0.6 is 27.5 Å². The highest BCUT2D eigenvalue weighted by Gasteiger charge is 2.19. The van der Waals surface area contributed by atoms with Crippen LogP contribution in [0.4, 0.5) is 0 Å². The summed E-state index contributed by atoms with van der Waals surface area (Å²) in [5.74, 6) is -0.505. The Morgan fingerprint density at radius 3 is 2.49 bits per heavy atom. The number of benzene rings is 4. The lowest BCUT2D eigenvalue weighted by molar-refractivity contribution is 0.0730. The molecule has 5 rings (SSSR count). The minimum Gasteiger partial charge on any atom is -0.496 e. The molecule has 5 aromatic rings. The van der Waals surface area contributed by atoms with E-state index in [-0.39, 0.29) is 11.3 Å². The Bertz CT molecular complexity index is 1720. The lowest BCUT2D eigenvalue weighted by atomic mass is 10.0. The first kappa shape index (κ1) is 26.2. The molecule has 194 valence electrons. The molecule has 39 heavy (non-hydrogen) atoms. The van der Waals surface area contributed by atoms with Gasteiger partial charge in [0.15, 0.2) is 0 Å². The molecule has 9 heteroatoms. The lowest BCUT2D eigenvalue weighted by Crippen LogP contribution is -2.19. The number of aromatic amines is 1. The highest BCUT2D eigenvalue weighted by atomic mass is 79.9. The number of halogens is 2. The number of carbonyl (C=O) groups excluding carboxylic acids is 2. The number of H-pyrrole nitrogens is 1. The molecular formula is C30H21BrClN3O4. The Hall–Kier alpha value is -4.40. The first-order chi connectivity index (χ1) is 18.9. The van der Waals surface area contributed by atoms with Gasteiger partial charge in [-0.25, -0.2) is 10.2 Å². The molecule has 4 aromatic carbocycles. The van der Waals surface area contributed by atoms with Crippen molar-refractivity contribution >= 4 is 56.5 Å². The molecule has 0 aliphatic rings. The standard InChI is InChI=1S/C30H21BrClN3O4/c1-38-26-14-12-21(32)16-23(26)30(37)39-25-13-11-20(31)15-19(25)17-33-35-29(36)28-27(18-7-3-2-4-8-18)22-9-5-6-10-24(22)34-28/h2-17,34H,1H3,(H,35,36). The number of fused-ring (bicyclic) bond motifs is 1. The van der Waals surface area contributed by atoms with E-state index in [9.17, 15) is 9.59 Å². The van der Waals surface area contributed by atoms with Crippen molar-refractivity contribution in [3.05, 3.63) is 117 Å². The van der Waals surface area contributed by atoms with Gasteiger partial charge in [0.05, 0.1) is 13.3 Å². The summed E-state index contributed by atoms with van der Waals surface area (Å²) in [5.41, 5.74) is 6.12. The van der Waals surface area contributed by atoms with Crippen molar-refractivity contribution in [2.75, 3.05) is 7.11 Å². The maximum absolute atomic E-state index is 13.2. The van der Waals surface area contributed by atoms with Crippen LogP contribution in [-0.4, -0.2) is 30.2 Å². The highest BCUT2D eigenvalue weighted by Crippen LogP contribution is 2.32. The normalized spacial score (nSPS) is 11.1. The number of methoxy groups -OCH3 is 1. The minimum absolute atomic E-state index is 0.177. The van der Waals surface area contributed by atoms with Crippen molar-refractivity contribution < 1.29 is 19.1 Å². The fourth-order valence-electron chi connectivity index (χ4n) is 4.14. The van der Waals surface area contributed by atoms with Crippen molar-refractivity contribution in [3.63, 3.8) is 0 Å². The van der Waals surface area contributed by atoms with Crippen molar-refractivity contribution in [3.8, 4) is 22.6 Å². The predicted octanol–water partition coefficient (Wildman–Crippen LogP) is 7.24. The number of hydrogen-bond acceptors (Lipinski definition) is 5. The molecule has 0 radical (unpaired) electrons. The summed E-state index contributed by atoms with van der Waals surface area (Å²) in [5, 5.41) is 5.45. The summed E-state index contributed by atoms with van der Waals surface area (Å²) in [6.45, 7) is 0. The van der Waals surface area contributed by atoms with Crippen LogP contribution in [0.5, 0.6) is 11.5 Å². The number of amides is 1. The summed E-state index contributed by atoms with van der Waals surface area (Å²) >= 11 is 9.48. The molecule has 0 bridgehead atoms. The van der Waals surface area contributed by atoms with Gasteiger partial charge in [0.1, 0.15) is 22.8 Å². The van der Waals surface area contributed by atoms with E-state index in [4.69, 9.17) is 21.1 Å². The number of nitrogens with zero attached hydrogens (tertiary/aromatic N) is 1. The highest BCUT2D eigenvalue weighted by molar-refractivity contribution is 9.10. The van der Waals surface area contributed by atoms with Crippen molar-refractivity contribution in [2.24, 2.45) is 5.10 Å². The average molecular weight is 603 g/mol. The third-order valence-electron chi connectivity index (χ3n) is 5.92. The van der Waals surface area contributed by atoms with E-state index in [1.807, 2.05) is 54.6 Å². The van der Waals surface area contributed by atoms with Crippen LogP contribution in [0.2, 0.25) is 5.02 Å². The molecule has 7 nitrogen and oxygen atoms in total. The molecule has 1 heterocycles. The largest absolute Gasteiger partial charge is 0.496 e. The van der Waals surface area contributed by atoms with E-state index in [0.717, 1.165) is 26.5 Å². The predicted molar refractivity (Wildman–Crippen MR) is 156 cm³/mol. The van der Waals surface area contributed by atoms with Crippen LogP contribution in [0.25, 0.3) is 22.0 Å². The monoisotopic (exact) mass is 601 g/mol. The molecule has 0 atom stereocenters. The molecule has 0 spiro atoms. The van der Waals surface area contributed by atoms with E-state index in [0.29, 0.717) is 22.0 Å². The number of carbonyl (C=O) groups is 2. The molecule has 0 aliphatic carbocycles. The summed E-state index contributed by atoms with van der Waals surface area (Å²) in [6, 6.07) is 27.1. The van der Waals surface area contributed by atoms with Crippen LogP contribution in [-0.2, 0) is 0 Å². The Balaban J connectivity index is 1.40. The van der Waals surface area contributed by atoms with Crippen LogP contribution in [0.3, 0.4) is 0 Å². The average Bonchev–Trinajstić information content (AvgIpc) is 3.34. The zero-order valence-corrected chi connectivity index (χ0v) is 22.9. The number of esters is 1. The molecule has 1 aromatic heterocycles. The van der Waals surface area contributed by atoms with E-state index in [1.54, 1.807) is 30.3 Å². The second kappa shape index (κ2) is 11.6. The molecule has 0 saturated heterocycles. The van der Waals surface area contributed by atoms with E-state index in [1.165, 1.54) is 19.4 Å². The Labute approximate surface area is 237 Å². The Morgan fingerprint density at radius 2 is 1.69 bits per heavy atom. The molecule has 0 fully saturated rings. The molecule has 0 saturated carbocycles. The third kappa shape index (κ3) is 5.72. The number of hydrazone groups is 1. The van der Waals surface area contributed by atoms with Crippen molar-refractivity contribution in [1.29, 1.82) is 0 Å². The minimum atomic E-state index is -0.652. The van der Waals surface area contributed by atoms with Gasteiger partial charge in [-0.2, -0.15) is 5.10 Å². The molecule has 0 aliphatic heterocycles. The van der Waals surface area contributed by atoms with Crippen LogP contribution < -0.4 is 14.9 Å². The number of hydrogen-bond donors (Lipinski definition) is 2. The summed E-state index contributed by atoms with van der Waals surface area (Å²) < 4.78 is 11.6. The number of rotatable bonds is 7. The smallest absolute Gasteiger partial charge is 0.347 e. The summed E-state index contributed by atoms with van der Waals surface area (Å²) in [4.78, 5) is 29.4. The van der Waals surface area contributed by atoms with Gasteiger partial charge in [0.2, 0.25) is 0 Å². The maximum Gasteiger partial charge on any atom is 0.347 e. The number of nitrogens with one attached hydrogen (secondary N) is 2. The third-order valence-corrected chi connectivity index (χ3v) is 6.65. The fraction of sp³-hybridized carbons (Fsp3) is 0.0333. The summed E-state index contributed by atoms with van der Waals surface area (Å²) in [7, 11) is 1.46. The SMILES string of the molecule is COc1ccc(Cl)cc1C(=O)Oc1ccc(Br)cc1C=NNC(=O)c1[nH]c2ccccc2c1-c1ccccc1. The number of para-hydroxylation sites is 1. The Morgan fingerprint density at radius 1 is 0.949 bits per heavy atom. The zero-order chi connectivity index (χ0) is 27.4. The van der Waals surface area contributed by atoms with E-state index in [2.05, 4.69) is 31.4 Å². The Kier molecular flexibility index (Phi) is 7.76. The lowest BCUT2D eigenvalue weighted by Gasteiger charge is -2.11. The van der Waals surface area contributed by atoms with Crippen LogP contribution in [0.15, 0.2) is 101 Å². The van der Waals surface area contributed by atoms with Gasteiger partial charge < -0.3 is 14.5 Å². The van der Waals surface area contributed by atoms with Gasteiger partial charge in [-0.3, -0.25) is 4.79 Å². The van der Waals surface area contributed by atoms with Gasteiger partial charge >= 0.3 is 5.97 Å². The topological polar surface area (TPSA) is 92.8 Å². The van der Waals surface area contributed by atoms with Gasteiger partial charge in [0.25, 0.3) is 5.91 Å². The van der Waals surface area contributed by atoms with Gasteiger partial charge in [0, 0.05) is 31.5 Å². The van der Waals surface area contributed by atoms with Crippen LogP contribution in [0.1, 0.15) is 26.4 Å². The molecular weight excluding hydrogens is 582 g/mol.